The maximum atomic E-state index is 11.0. The van der Waals surface area contributed by atoms with Crippen molar-refractivity contribution in [1.29, 1.82) is 0 Å². The lowest BCUT2D eigenvalue weighted by atomic mass is 9.86. The van der Waals surface area contributed by atoms with Crippen LogP contribution in [0.25, 0.3) is 10.9 Å². The number of fused-ring (bicyclic) bond motifs is 1. The summed E-state index contributed by atoms with van der Waals surface area (Å²) in [6, 6.07) is 4.69. The van der Waals surface area contributed by atoms with E-state index in [9.17, 15) is 10.1 Å². The number of hydrazine groups is 1. The normalized spacial score (nSPS) is 11.5. The van der Waals surface area contributed by atoms with E-state index in [4.69, 9.17) is 10.6 Å². The molecule has 0 aliphatic carbocycles. The maximum absolute atomic E-state index is 11.0. The number of nitrogens with two attached hydrogens (primary N) is 1. The molecule has 7 heteroatoms. The Kier molecular flexibility index (Phi) is 3.69. The van der Waals surface area contributed by atoms with Crippen LogP contribution < -0.4 is 16.0 Å². The molecule has 0 saturated carbocycles. The number of nitrogen functional groups attached to an aromatic ring is 1. The third-order valence-electron chi connectivity index (χ3n) is 3.24. The molecule has 1 aromatic heterocycles. The van der Waals surface area contributed by atoms with Crippen LogP contribution in [-0.4, -0.2) is 17.0 Å². The van der Waals surface area contributed by atoms with Crippen LogP contribution in [0.15, 0.2) is 18.2 Å². The minimum absolute atomic E-state index is 0.0329. The molecule has 1 aromatic carbocycles. The van der Waals surface area contributed by atoms with E-state index in [1.54, 1.807) is 0 Å². The number of benzene rings is 1. The van der Waals surface area contributed by atoms with Gasteiger partial charge >= 0.3 is 0 Å². The number of nitro groups is 1. The van der Waals surface area contributed by atoms with Gasteiger partial charge < -0.3 is 10.2 Å². The van der Waals surface area contributed by atoms with E-state index in [0.29, 0.717) is 22.5 Å². The smallest absolute Gasteiger partial charge is 0.273 e. The number of hydrogen-bond donors (Lipinski definition) is 2. The lowest BCUT2D eigenvalue weighted by Gasteiger charge is -2.22. The average molecular weight is 290 g/mol. The number of methoxy groups -OCH3 is 1. The standard InChI is InChI=1S/C14H18N4O3/c1-14(2,3)10-6-8-5-9(18(19)20)7-11(21-4)12(8)16-13(10)17-15/h5-7H,15H2,1-4H3,(H,16,17). The first-order valence-corrected chi connectivity index (χ1v) is 6.42. The fourth-order valence-corrected chi connectivity index (χ4v) is 2.18. The Balaban J connectivity index is 2.84. The molecule has 1 heterocycles. The highest BCUT2D eigenvalue weighted by Crippen LogP contribution is 2.36. The molecule has 0 spiro atoms. The molecule has 0 unspecified atom stereocenters. The van der Waals surface area contributed by atoms with Crippen LogP contribution in [0.1, 0.15) is 26.3 Å². The number of anilines is 1. The number of non-ortho nitro benzene ring substituents is 1. The highest BCUT2D eigenvalue weighted by molar-refractivity contribution is 5.89. The Morgan fingerprint density at radius 2 is 2.00 bits per heavy atom. The van der Waals surface area contributed by atoms with Gasteiger partial charge in [0, 0.05) is 17.0 Å². The summed E-state index contributed by atoms with van der Waals surface area (Å²) in [6.07, 6.45) is 0. The van der Waals surface area contributed by atoms with E-state index in [1.165, 1.54) is 19.2 Å². The quantitative estimate of drug-likeness (QED) is 0.512. The van der Waals surface area contributed by atoms with E-state index in [-0.39, 0.29) is 11.1 Å². The third kappa shape index (κ3) is 2.73. The van der Waals surface area contributed by atoms with Gasteiger partial charge in [0.15, 0.2) is 5.75 Å². The van der Waals surface area contributed by atoms with Crippen molar-refractivity contribution in [1.82, 2.24) is 4.98 Å². The second-order valence-electron chi connectivity index (χ2n) is 5.76. The van der Waals surface area contributed by atoms with E-state index < -0.39 is 4.92 Å². The number of aromatic nitrogens is 1. The van der Waals surface area contributed by atoms with Crippen molar-refractivity contribution in [2.75, 3.05) is 12.5 Å². The molecule has 0 saturated heterocycles. The van der Waals surface area contributed by atoms with Crippen LogP contribution in [0, 0.1) is 10.1 Å². The zero-order chi connectivity index (χ0) is 15.8. The number of hydrogen-bond acceptors (Lipinski definition) is 6. The van der Waals surface area contributed by atoms with Gasteiger partial charge in [-0.15, -0.1) is 0 Å². The molecule has 112 valence electrons. The summed E-state index contributed by atoms with van der Waals surface area (Å²) in [5.74, 6) is 6.42. The molecular weight excluding hydrogens is 272 g/mol. The molecule has 2 aromatic rings. The van der Waals surface area contributed by atoms with Crippen molar-refractivity contribution in [2.24, 2.45) is 5.84 Å². The SMILES string of the molecule is COc1cc([N+](=O)[O-])cc2cc(C(C)(C)C)c(NN)nc12. The minimum atomic E-state index is -0.451. The van der Waals surface area contributed by atoms with Crippen LogP contribution in [0.4, 0.5) is 11.5 Å². The van der Waals surface area contributed by atoms with E-state index in [1.807, 2.05) is 26.8 Å². The highest BCUT2D eigenvalue weighted by Gasteiger charge is 2.22. The van der Waals surface area contributed by atoms with Gasteiger partial charge in [0.1, 0.15) is 11.3 Å². The Bertz CT molecular complexity index is 707. The molecule has 0 fully saturated rings. The van der Waals surface area contributed by atoms with Crippen LogP contribution in [0.3, 0.4) is 0 Å². The van der Waals surface area contributed by atoms with Crippen molar-refractivity contribution >= 4 is 22.4 Å². The number of nitrogens with zero attached hydrogens (tertiary/aromatic N) is 2. The van der Waals surface area contributed by atoms with Crippen LogP contribution in [0.5, 0.6) is 5.75 Å². The molecule has 0 aliphatic heterocycles. The topological polar surface area (TPSA) is 103 Å². The summed E-state index contributed by atoms with van der Waals surface area (Å²) in [4.78, 5) is 15.0. The predicted octanol–water partition coefficient (Wildman–Crippen LogP) is 2.73. The molecule has 7 nitrogen and oxygen atoms in total. The summed E-state index contributed by atoms with van der Waals surface area (Å²) in [5.41, 5.74) is 3.75. The van der Waals surface area contributed by atoms with Gasteiger partial charge in [0.25, 0.3) is 5.69 Å². The number of nitrogens with one attached hydrogen (secondary N) is 1. The van der Waals surface area contributed by atoms with E-state index in [0.717, 1.165) is 5.56 Å². The van der Waals surface area contributed by atoms with Crippen molar-refractivity contribution < 1.29 is 9.66 Å². The molecule has 3 N–H and O–H groups in total. The zero-order valence-corrected chi connectivity index (χ0v) is 12.4. The lowest BCUT2D eigenvalue weighted by Crippen LogP contribution is -2.19. The van der Waals surface area contributed by atoms with Gasteiger partial charge in [-0.05, 0) is 11.5 Å². The van der Waals surface area contributed by atoms with Crippen molar-refractivity contribution in [2.45, 2.75) is 26.2 Å². The molecule has 0 radical (unpaired) electrons. The molecule has 0 aliphatic rings. The average Bonchev–Trinajstić information content (AvgIpc) is 2.43. The minimum Gasteiger partial charge on any atom is -0.494 e. The Hall–Kier alpha value is -2.41. The predicted molar refractivity (Wildman–Crippen MR) is 81.5 cm³/mol. The number of pyridine rings is 1. The zero-order valence-electron chi connectivity index (χ0n) is 12.4. The maximum Gasteiger partial charge on any atom is 0.273 e. The Labute approximate surface area is 122 Å². The summed E-state index contributed by atoms with van der Waals surface area (Å²) < 4.78 is 5.21. The fraction of sp³-hybridized carbons (Fsp3) is 0.357. The largest absolute Gasteiger partial charge is 0.494 e. The van der Waals surface area contributed by atoms with Crippen LogP contribution >= 0.6 is 0 Å². The molecule has 0 amide bonds. The summed E-state index contributed by atoms with van der Waals surface area (Å²) >= 11 is 0. The Morgan fingerprint density at radius 3 is 2.48 bits per heavy atom. The summed E-state index contributed by atoms with van der Waals surface area (Å²) in [6.45, 7) is 6.06. The lowest BCUT2D eigenvalue weighted by molar-refractivity contribution is -0.384. The van der Waals surface area contributed by atoms with Gasteiger partial charge in [0.05, 0.1) is 18.1 Å². The molecule has 21 heavy (non-hydrogen) atoms. The molecule has 2 rings (SSSR count). The van der Waals surface area contributed by atoms with Gasteiger partial charge in [0.2, 0.25) is 0 Å². The first kappa shape index (κ1) is 15.0. The van der Waals surface area contributed by atoms with Gasteiger partial charge in [-0.3, -0.25) is 10.1 Å². The van der Waals surface area contributed by atoms with Crippen molar-refractivity contribution in [3.63, 3.8) is 0 Å². The molecule has 0 atom stereocenters. The van der Waals surface area contributed by atoms with Gasteiger partial charge in [-0.25, -0.2) is 10.8 Å². The van der Waals surface area contributed by atoms with Gasteiger partial charge in [-0.1, -0.05) is 20.8 Å². The highest BCUT2D eigenvalue weighted by atomic mass is 16.6. The summed E-state index contributed by atoms with van der Waals surface area (Å²) in [7, 11) is 1.45. The monoisotopic (exact) mass is 290 g/mol. The Morgan fingerprint density at radius 1 is 1.33 bits per heavy atom. The van der Waals surface area contributed by atoms with Gasteiger partial charge in [-0.2, -0.15) is 0 Å². The van der Waals surface area contributed by atoms with E-state index in [2.05, 4.69) is 10.4 Å². The summed E-state index contributed by atoms with van der Waals surface area (Å²) in [5, 5.41) is 11.7. The van der Waals surface area contributed by atoms with Crippen molar-refractivity contribution in [3.05, 3.63) is 33.9 Å². The van der Waals surface area contributed by atoms with Crippen LogP contribution in [-0.2, 0) is 5.41 Å². The number of rotatable bonds is 3. The number of ether oxygens (including phenoxy) is 1. The first-order chi connectivity index (χ1) is 9.77. The fourth-order valence-electron chi connectivity index (χ4n) is 2.18. The first-order valence-electron chi connectivity index (χ1n) is 6.42. The molecular formula is C14H18N4O3. The molecule has 0 bridgehead atoms. The third-order valence-corrected chi connectivity index (χ3v) is 3.24. The number of nitro benzene ring substituents is 1. The van der Waals surface area contributed by atoms with E-state index >= 15 is 0 Å². The second kappa shape index (κ2) is 5.17. The van der Waals surface area contributed by atoms with Crippen molar-refractivity contribution in [3.8, 4) is 5.75 Å². The second-order valence-corrected chi connectivity index (χ2v) is 5.76. The van der Waals surface area contributed by atoms with Crippen LogP contribution in [0.2, 0.25) is 0 Å².